The second-order valence-corrected chi connectivity index (χ2v) is 8.77. The summed E-state index contributed by atoms with van der Waals surface area (Å²) in [6, 6.07) is 16.1. The van der Waals surface area contributed by atoms with Crippen molar-refractivity contribution in [1.82, 2.24) is 4.90 Å². The van der Waals surface area contributed by atoms with Crippen LogP contribution in [0.25, 0.3) is 0 Å². The normalized spacial score (nSPS) is 19.6. The average molecular weight is 424 g/mol. The lowest BCUT2D eigenvalue weighted by atomic mass is 10.2. The quantitative estimate of drug-likeness (QED) is 0.732. The van der Waals surface area contributed by atoms with Crippen LogP contribution in [0.4, 0.5) is 11.4 Å². The Bertz CT molecular complexity index is 845. The first kappa shape index (κ1) is 21.7. The van der Waals surface area contributed by atoms with Crippen LogP contribution in [-0.4, -0.2) is 62.8 Å². The smallest absolute Gasteiger partial charge is 0.255 e. The van der Waals surface area contributed by atoms with E-state index in [-0.39, 0.29) is 5.91 Å². The van der Waals surface area contributed by atoms with Crippen LogP contribution in [0.5, 0.6) is 5.75 Å². The summed E-state index contributed by atoms with van der Waals surface area (Å²) in [6.07, 6.45) is 1.19. The molecule has 1 N–H and O–H groups in total. The second kappa shape index (κ2) is 10.2. The highest BCUT2D eigenvalue weighted by Crippen LogP contribution is 2.25. The zero-order valence-corrected chi connectivity index (χ0v) is 18.5. The van der Waals surface area contributed by atoms with Crippen LogP contribution in [0.1, 0.15) is 30.6 Å². The van der Waals surface area contributed by atoms with Gasteiger partial charge in [0.15, 0.2) is 0 Å². The monoisotopic (exact) mass is 423 g/mol. The van der Waals surface area contributed by atoms with Gasteiger partial charge in [-0.25, -0.2) is 0 Å². The molecule has 1 amide bonds. The zero-order valence-electron chi connectivity index (χ0n) is 18.5. The summed E-state index contributed by atoms with van der Waals surface area (Å²) in [5, 5.41) is 2.99. The van der Waals surface area contributed by atoms with Gasteiger partial charge in [-0.2, -0.15) is 0 Å². The Hall–Kier alpha value is -2.57. The number of carbonyl (C=O) groups excluding carboxylic acids is 1. The van der Waals surface area contributed by atoms with Crippen molar-refractivity contribution in [1.29, 1.82) is 0 Å². The Morgan fingerprint density at radius 2 is 1.77 bits per heavy atom. The number of rotatable bonds is 7. The Kier molecular flexibility index (Phi) is 7.10. The zero-order chi connectivity index (χ0) is 21.6. The maximum atomic E-state index is 12.6. The maximum Gasteiger partial charge on any atom is 0.255 e. The summed E-state index contributed by atoms with van der Waals surface area (Å²) < 4.78 is 11.2. The number of nitrogens with one attached hydrogen (secondary N) is 1. The Morgan fingerprint density at radius 3 is 2.45 bits per heavy atom. The van der Waals surface area contributed by atoms with Crippen molar-refractivity contribution in [2.75, 3.05) is 56.2 Å². The minimum atomic E-state index is -0.114. The number of carbonyl (C=O) groups is 1. The number of benzene rings is 2. The van der Waals surface area contributed by atoms with Gasteiger partial charge in [0.05, 0.1) is 19.8 Å². The molecule has 2 aromatic rings. The van der Waals surface area contributed by atoms with E-state index in [4.69, 9.17) is 9.47 Å². The molecule has 166 valence electrons. The Morgan fingerprint density at radius 1 is 1.06 bits per heavy atom. The summed E-state index contributed by atoms with van der Waals surface area (Å²) in [5.74, 6) is 1.14. The lowest BCUT2D eigenvalue weighted by Crippen LogP contribution is -2.44. The number of anilines is 2. The fourth-order valence-electron chi connectivity index (χ4n) is 4.14. The van der Waals surface area contributed by atoms with Gasteiger partial charge in [0.1, 0.15) is 5.75 Å². The van der Waals surface area contributed by atoms with Gasteiger partial charge in [0.2, 0.25) is 0 Å². The standard InChI is InChI=1S/C25H33N3O3/c1-19(2)18-31-24-9-3-20(4-10-24)25(29)26-21-5-7-22(8-6-21)28-12-11-23(17-28)27-13-15-30-16-14-27/h3-10,19,23H,11-18H2,1-2H3,(H,26,29). The fourth-order valence-corrected chi connectivity index (χ4v) is 4.14. The van der Waals surface area contributed by atoms with Gasteiger partial charge in [-0.1, -0.05) is 13.8 Å². The maximum absolute atomic E-state index is 12.6. The summed E-state index contributed by atoms with van der Waals surface area (Å²) in [7, 11) is 0. The van der Waals surface area contributed by atoms with Gasteiger partial charge in [-0.05, 0) is 60.9 Å². The number of hydrogen-bond donors (Lipinski definition) is 1. The van der Waals surface area contributed by atoms with Gasteiger partial charge in [-0.3, -0.25) is 9.69 Å². The number of morpholine rings is 1. The van der Waals surface area contributed by atoms with E-state index >= 15 is 0 Å². The summed E-state index contributed by atoms with van der Waals surface area (Å²) in [4.78, 5) is 17.6. The molecule has 0 saturated carbocycles. The van der Waals surface area contributed by atoms with E-state index < -0.39 is 0 Å². The first-order valence-electron chi connectivity index (χ1n) is 11.3. The van der Waals surface area contributed by atoms with E-state index in [0.717, 1.165) is 50.8 Å². The van der Waals surface area contributed by atoms with E-state index in [1.54, 1.807) is 12.1 Å². The molecule has 2 aliphatic heterocycles. The molecule has 2 heterocycles. The molecule has 0 bridgehead atoms. The van der Waals surface area contributed by atoms with Gasteiger partial charge in [0, 0.05) is 49.2 Å². The molecule has 6 heteroatoms. The average Bonchev–Trinajstić information content (AvgIpc) is 3.29. The lowest BCUT2D eigenvalue weighted by molar-refractivity contribution is 0.0209. The van der Waals surface area contributed by atoms with Crippen molar-refractivity contribution in [3.05, 3.63) is 54.1 Å². The van der Waals surface area contributed by atoms with Crippen LogP contribution in [0.2, 0.25) is 0 Å². The minimum Gasteiger partial charge on any atom is -0.493 e. The third-order valence-electron chi connectivity index (χ3n) is 5.92. The molecule has 2 aliphatic rings. The van der Waals surface area contributed by atoms with Gasteiger partial charge >= 0.3 is 0 Å². The number of hydrogen-bond acceptors (Lipinski definition) is 5. The van der Waals surface area contributed by atoms with Crippen molar-refractivity contribution in [2.45, 2.75) is 26.3 Å². The van der Waals surface area contributed by atoms with Crippen LogP contribution in [-0.2, 0) is 4.74 Å². The minimum absolute atomic E-state index is 0.114. The van der Waals surface area contributed by atoms with Gasteiger partial charge in [-0.15, -0.1) is 0 Å². The topological polar surface area (TPSA) is 54.0 Å². The highest BCUT2D eigenvalue weighted by Gasteiger charge is 2.28. The van der Waals surface area contributed by atoms with Crippen LogP contribution in [0.3, 0.4) is 0 Å². The third-order valence-corrected chi connectivity index (χ3v) is 5.92. The number of amides is 1. The molecule has 2 aromatic carbocycles. The molecule has 1 unspecified atom stereocenters. The predicted octanol–water partition coefficient (Wildman–Crippen LogP) is 3.88. The van der Waals surface area contributed by atoms with Crippen molar-refractivity contribution < 1.29 is 14.3 Å². The predicted molar refractivity (Wildman–Crippen MR) is 124 cm³/mol. The molecule has 0 spiro atoms. The molecular weight excluding hydrogens is 390 g/mol. The number of ether oxygens (including phenoxy) is 2. The highest BCUT2D eigenvalue weighted by atomic mass is 16.5. The molecule has 0 aliphatic carbocycles. The van der Waals surface area contributed by atoms with Crippen molar-refractivity contribution in [3.8, 4) is 5.75 Å². The summed E-state index contributed by atoms with van der Waals surface area (Å²) in [6.45, 7) is 10.8. The molecule has 6 nitrogen and oxygen atoms in total. The number of nitrogens with zero attached hydrogens (tertiary/aromatic N) is 2. The van der Waals surface area contributed by atoms with Gasteiger partial charge in [0.25, 0.3) is 5.91 Å². The van der Waals surface area contributed by atoms with Crippen LogP contribution in [0, 0.1) is 5.92 Å². The SMILES string of the molecule is CC(C)COc1ccc(C(=O)Nc2ccc(N3CCC(N4CCOCC4)C3)cc2)cc1. The summed E-state index contributed by atoms with van der Waals surface area (Å²) >= 11 is 0. The van der Waals surface area contributed by atoms with Crippen LogP contribution >= 0.6 is 0 Å². The first-order valence-corrected chi connectivity index (χ1v) is 11.3. The molecule has 1 atom stereocenters. The van der Waals surface area contributed by atoms with E-state index in [1.165, 1.54) is 12.1 Å². The van der Waals surface area contributed by atoms with E-state index in [9.17, 15) is 4.79 Å². The van der Waals surface area contributed by atoms with E-state index in [1.807, 2.05) is 24.3 Å². The van der Waals surface area contributed by atoms with Crippen molar-refractivity contribution in [2.24, 2.45) is 5.92 Å². The molecule has 2 saturated heterocycles. The van der Waals surface area contributed by atoms with E-state index in [0.29, 0.717) is 24.1 Å². The van der Waals surface area contributed by atoms with Crippen molar-refractivity contribution >= 4 is 17.3 Å². The van der Waals surface area contributed by atoms with Crippen LogP contribution in [0.15, 0.2) is 48.5 Å². The molecule has 31 heavy (non-hydrogen) atoms. The third kappa shape index (κ3) is 5.77. The van der Waals surface area contributed by atoms with Crippen LogP contribution < -0.4 is 15.0 Å². The van der Waals surface area contributed by atoms with Gasteiger partial charge < -0.3 is 19.7 Å². The van der Waals surface area contributed by atoms with Crippen molar-refractivity contribution in [3.63, 3.8) is 0 Å². The molecular formula is C25H33N3O3. The Balaban J connectivity index is 1.29. The second-order valence-electron chi connectivity index (χ2n) is 8.77. The lowest BCUT2D eigenvalue weighted by Gasteiger charge is -2.32. The highest BCUT2D eigenvalue weighted by molar-refractivity contribution is 6.04. The molecule has 0 radical (unpaired) electrons. The fraction of sp³-hybridized carbons (Fsp3) is 0.480. The Labute approximate surface area is 185 Å². The molecule has 0 aromatic heterocycles. The first-order chi connectivity index (χ1) is 15.1. The molecule has 4 rings (SSSR count). The summed E-state index contributed by atoms with van der Waals surface area (Å²) in [5.41, 5.74) is 2.63. The largest absolute Gasteiger partial charge is 0.493 e. The molecule has 2 fully saturated rings. The van der Waals surface area contributed by atoms with E-state index in [2.05, 4.69) is 41.1 Å².